The highest BCUT2D eigenvalue weighted by Gasteiger charge is 2.03. The van der Waals surface area contributed by atoms with E-state index >= 15 is 0 Å². The van der Waals surface area contributed by atoms with Crippen LogP contribution in [-0.4, -0.2) is 6.54 Å². The molecule has 96 valence electrons. The van der Waals surface area contributed by atoms with Crippen LogP contribution in [0.4, 0.5) is 5.69 Å². The summed E-state index contributed by atoms with van der Waals surface area (Å²) in [5.74, 6) is 0. The highest BCUT2D eigenvalue weighted by molar-refractivity contribution is 5.79. The van der Waals surface area contributed by atoms with Crippen LogP contribution in [0, 0.1) is 0 Å². The third-order valence-corrected chi connectivity index (χ3v) is 2.77. The third kappa shape index (κ3) is 3.11. The van der Waals surface area contributed by atoms with Crippen LogP contribution in [-0.2, 0) is 0 Å². The highest BCUT2D eigenvalue weighted by Crippen LogP contribution is 2.14. The van der Waals surface area contributed by atoms with E-state index in [0.717, 1.165) is 18.4 Å². The van der Waals surface area contributed by atoms with Crippen LogP contribution in [0.5, 0.6) is 0 Å². The molecule has 0 saturated heterocycles. The number of hydrogen-bond donors (Lipinski definition) is 2. The van der Waals surface area contributed by atoms with E-state index in [0.29, 0.717) is 11.3 Å². The van der Waals surface area contributed by atoms with Crippen molar-refractivity contribution in [2.24, 2.45) is 0 Å². The number of hydrazine groups is 1. The van der Waals surface area contributed by atoms with E-state index in [4.69, 9.17) is 4.42 Å². The minimum absolute atomic E-state index is 0.350. The Morgan fingerprint density at radius 1 is 1.22 bits per heavy atom. The molecule has 2 N–H and O–H groups in total. The minimum Gasteiger partial charge on any atom is -0.421 e. The molecule has 0 unspecified atom stereocenters. The lowest BCUT2D eigenvalue weighted by Crippen LogP contribution is -2.26. The van der Waals surface area contributed by atoms with Gasteiger partial charge in [-0.05, 0) is 18.6 Å². The summed E-state index contributed by atoms with van der Waals surface area (Å²) in [5, 5.41) is 0.912. The number of para-hydroxylation sites is 1. The van der Waals surface area contributed by atoms with Crippen molar-refractivity contribution in [2.45, 2.75) is 26.2 Å². The number of rotatable bonds is 6. The lowest BCUT2D eigenvalue weighted by molar-refractivity contribution is 0.560. The number of hydrogen-bond acceptors (Lipinski definition) is 4. The van der Waals surface area contributed by atoms with Crippen LogP contribution in [0.3, 0.4) is 0 Å². The minimum atomic E-state index is -0.350. The summed E-state index contributed by atoms with van der Waals surface area (Å²) in [4.78, 5) is 11.7. The number of anilines is 1. The predicted octanol–water partition coefficient (Wildman–Crippen LogP) is 2.90. The molecule has 1 aromatic heterocycles. The summed E-state index contributed by atoms with van der Waals surface area (Å²) < 4.78 is 5.21. The molecule has 0 saturated carbocycles. The summed E-state index contributed by atoms with van der Waals surface area (Å²) >= 11 is 0. The second kappa shape index (κ2) is 6.21. The van der Waals surface area contributed by atoms with Crippen LogP contribution in [0.1, 0.15) is 26.2 Å². The van der Waals surface area contributed by atoms with E-state index in [1.54, 1.807) is 12.1 Å². The van der Waals surface area contributed by atoms with Crippen LogP contribution >= 0.6 is 0 Å². The third-order valence-electron chi connectivity index (χ3n) is 2.77. The van der Waals surface area contributed by atoms with Crippen molar-refractivity contribution in [3.63, 3.8) is 0 Å². The van der Waals surface area contributed by atoms with Crippen molar-refractivity contribution < 1.29 is 4.42 Å². The summed E-state index contributed by atoms with van der Waals surface area (Å²) in [6.45, 7) is 2.99. The van der Waals surface area contributed by atoms with Gasteiger partial charge in [0.1, 0.15) is 11.3 Å². The first-order valence-corrected chi connectivity index (χ1v) is 6.33. The predicted molar refractivity (Wildman–Crippen MR) is 73.6 cm³/mol. The first-order valence-electron chi connectivity index (χ1n) is 6.33. The number of nitrogens with one attached hydrogen (secondary N) is 2. The van der Waals surface area contributed by atoms with Gasteiger partial charge in [-0.2, -0.15) is 0 Å². The van der Waals surface area contributed by atoms with Gasteiger partial charge in [0, 0.05) is 11.9 Å². The van der Waals surface area contributed by atoms with Gasteiger partial charge in [-0.25, -0.2) is 10.2 Å². The number of unbranched alkanes of at least 4 members (excludes halogenated alkanes) is 2. The molecule has 0 radical (unpaired) electrons. The van der Waals surface area contributed by atoms with Crippen LogP contribution in [0.15, 0.2) is 39.5 Å². The molecule has 0 aliphatic rings. The van der Waals surface area contributed by atoms with Crippen LogP contribution in [0.25, 0.3) is 11.0 Å². The van der Waals surface area contributed by atoms with E-state index in [2.05, 4.69) is 17.8 Å². The summed E-state index contributed by atoms with van der Waals surface area (Å²) in [6, 6.07) is 9.27. The molecule has 2 rings (SSSR count). The smallest absolute Gasteiger partial charge is 0.361 e. The Morgan fingerprint density at radius 3 is 2.89 bits per heavy atom. The maximum absolute atomic E-state index is 11.7. The fraction of sp³-hybridized carbons (Fsp3) is 0.357. The average Bonchev–Trinajstić information content (AvgIpc) is 2.39. The molecule has 0 aliphatic carbocycles. The SMILES string of the molecule is CCCCCNNc1cc2ccccc2oc1=O. The lowest BCUT2D eigenvalue weighted by Gasteiger charge is -2.07. The van der Waals surface area contributed by atoms with Crippen molar-refractivity contribution in [3.8, 4) is 0 Å². The van der Waals surface area contributed by atoms with Crippen molar-refractivity contribution in [2.75, 3.05) is 12.0 Å². The molecule has 0 aliphatic heterocycles. The van der Waals surface area contributed by atoms with Gasteiger partial charge in [-0.3, -0.25) is 0 Å². The molecule has 0 atom stereocenters. The molecule has 4 heteroatoms. The Bertz CT molecular complexity index is 563. The van der Waals surface area contributed by atoms with Gasteiger partial charge in [-0.1, -0.05) is 38.0 Å². The Hall–Kier alpha value is -1.81. The summed E-state index contributed by atoms with van der Waals surface area (Å²) in [5.41, 5.74) is 6.65. The molecule has 0 spiro atoms. The second-order valence-corrected chi connectivity index (χ2v) is 4.24. The molecular weight excluding hydrogens is 228 g/mol. The molecule has 4 nitrogen and oxygen atoms in total. The molecule has 0 bridgehead atoms. The fourth-order valence-electron chi connectivity index (χ4n) is 1.77. The van der Waals surface area contributed by atoms with Crippen molar-refractivity contribution in [3.05, 3.63) is 40.8 Å². The molecule has 0 amide bonds. The Kier molecular flexibility index (Phi) is 4.36. The zero-order valence-corrected chi connectivity index (χ0v) is 10.5. The Morgan fingerprint density at radius 2 is 2.06 bits per heavy atom. The van der Waals surface area contributed by atoms with Gasteiger partial charge in [-0.15, -0.1) is 0 Å². The molecule has 18 heavy (non-hydrogen) atoms. The molecule has 1 heterocycles. The maximum Gasteiger partial charge on any atom is 0.361 e. The fourth-order valence-corrected chi connectivity index (χ4v) is 1.77. The lowest BCUT2D eigenvalue weighted by atomic mass is 10.2. The standard InChI is InChI=1S/C14H18N2O2/c1-2-3-6-9-15-16-12-10-11-7-4-5-8-13(11)18-14(12)17/h4-5,7-8,10,15-16H,2-3,6,9H2,1H3. The van der Waals surface area contributed by atoms with E-state index in [1.165, 1.54) is 12.8 Å². The quantitative estimate of drug-likeness (QED) is 0.467. The Labute approximate surface area is 106 Å². The van der Waals surface area contributed by atoms with Crippen LogP contribution < -0.4 is 16.5 Å². The number of fused-ring (bicyclic) bond motifs is 1. The van der Waals surface area contributed by atoms with Crippen molar-refractivity contribution in [1.29, 1.82) is 0 Å². The average molecular weight is 246 g/mol. The van der Waals surface area contributed by atoms with Gasteiger partial charge >= 0.3 is 5.63 Å². The summed E-state index contributed by atoms with van der Waals surface area (Å²) in [6.07, 6.45) is 3.45. The zero-order chi connectivity index (χ0) is 12.8. The van der Waals surface area contributed by atoms with Gasteiger partial charge in [0.25, 0.3) is 0 Å². The largest absolute Gasteiger partial charge is 0.421 e. The van der Waals surface area contributed by atoms with E-state index in [9.17, 15) is 4.79 Å². The molecular formula is C14H18N2O2. The van der Waals surface area contributed by atoms with Crippen molar-refractivity contribution in [1.82, 2.24) is 5.43 Å². The van der Waals surface area contributed by atoms with E-state index < -0.39 is 0 Å². The first-order chi connectivity index (χ1) is 8.81. The normalized spacial score (nSPS) is 10.7. The number of benzene rings is 1. The Balaban J connectivity index is 2.04. The zero-order valence-electron chi connectivity index (χ0n) is 10.5. The molecule has 0 fully saturated rings. The van der Waals surface area contributed by atoms with Crippen LogP contribution in [0.2, 0.25) is 0 Å². The monoisotopic (exact) mass is 246 g/mol. The molecule has 2 aromatic rings. The topological polar surface area (TPSA) is 54.3 Å². The maximum atomic E-state index is 11.7. The second-order valence-electron chi connectivity index (χ2n) is 4.24. The van der Waals surface area contributed by atoms with E-state index in [-0.39, 0.29) is 5.63 Å². The van der Waals surface area contributed by atoms with E-state index in [1.807, 2.05) is 18.2 Å². The highest BCUT2D eigenvalue weighted by atomic mass is 16.4. The first kappa shape index (κ1) is 12.6. The van der Waals surface area contributed by atoms with Gasteiger partial charge < -0.3 is 9.84 Å². The summed E-state index contributed by atoms with van der Waals surface area (Å²) in [7, 11) is 0. The molecule has 1 aromatic carbocycles. The van der Waals surface area contributed by atoms with Crippen molar-refractivity contribution >= 4 is 16.7 Å². The van der Waals surface area contributed by atoms with Gasteiger partial charge in [0.15, 0.2) is 0 Å². The van der Waals surface area contributed by atoms with Gasteiger partial charge in [0.05, 0.1) is 0 Å². The van der Waals surface area contributed by atoms with Gasteiger partial charge in [0.2, 0.25) is 0 Å².